The highest BCUT2D eigenvalue weighted by Crippen LogP contribution is 1.70. The second kappa shape index (κ2) is 3.16. The van der Waals surface area contributed by atoms with Gasteiger partial charge < -0.3 is 5.32 Å². The van der Waals surface area contributed by atoms with Gasteiger partial charge in [-0.2, -0.15) is 0 Å². The van der Waals surface area contributed by atoms with Crippen LogP contribution in [-0.4, -0.2) is 12.6 Å². The molecule has 36 valence electrons. The second-order valence-electron chi connectivity index (χ2n) is 1.56. The van der Waals surface area contributed by atoms with Crippen molar-refractivity contribution in [1.82, 2.24) is 5.32 Å². The van der Waals surface area contributed by atoms with Gasteiger partial charge in [-0.1, -0.05) is 13.8 Å². The van der Waals surface area contributed by atoms with E-state index in [1.54, 1.807) is 0 Å². The van der Waals surface area contributed by atoms with Crippen molar-refractivity contribution in [2.75, 3.05) is 6.54 Å². The van der Waals surface area contributed by atoms with E-state index < -0.39 is 0 Å². The molecule has 0 fully saturated rings. The summed E-state index contributed by atoms with van der Waals surface area (Å²) in [6, 6.07) is 0.523. The van der Waals surface area contributed by atoms with Gasteiger partial charge in [0.1, 0.15) is 0 Å². The molecule has 1 N–H and O–H groups in total. The van der Waals surface area contributed by atoms with Crippen LogP contribution in [0.3, 0.4) is 0 Å². The molecular weight excluding hydrogens is 74.1 g/mol. The van der Waals surface area contributed by atoms with Crippen LogP contribution in [0.4, 0.5) is 0 Å². The van der Waals surface area contributed by atoms with Crippen LogP contribution in [0.5, 0.6) is 0 Å². The highest BCUT2D eigenvalue weighted by atomic mass is 14.9. The Kier molecular flexibility index (Phi) is 3.14. The summed E-state index contributed by atoms with van der Waals surface area (Å²) in [6.45, 7) is 9.82. The minimum Gasteiger partial charge on any atom is -0.314 e. The van der Waals surface area contributed by atoms with E-state index in [0.717, 1.165) is 0 Å². The van der Waals surface area contributed by atoms with Crippen LogP contribution in [0.25, 0.3) is 0 Å². The highest BCUT2D eigenvalue weighted by molar-refractivity contribution is 4.51. The summed E-state index contributed by atoms with van der Waals surface area (Å²) in [6.07, 6.45) is 0. The summed E-state index contributed by atoms with van der Waals surface area (Å²) in [5.41, 5.74) is 0. The molecule has 0 spiro atoms. The van der Waals surface area contributed by atoms with E-state index in [0.29, 0.717) is 12.6 Å². The lowest BCUT2D eigenvalue weighted by molar-refractivity contribution is 0.631. The Morgan fingerprint density at radius 3 is 2.17 bits per heavy atom. The van der Waals surface area contributed by atoms with E-state index in [-0.39, 0.29) is 0 Å². The molecule has 1 nitrogen and oxygen atoms in total. The Bertz CT molecular complexity index is 25.1. The molecule has 0 rings (SSSR count). The zero-order valence-electron chi connectivity index (χ0n) is 4.36. The summed E-state index contributed by atoms with van der Waals surface area (Å²) in [4.78, 5) is 0. The first-order valence-corrected chi connectivity index (χ1v) is 2.21. The van der Waals surface area contributed by atoms with E-state index >= 15 is 0 Å². The van der Waals surface area contributed by atoms with E-state index in [1.165, 1.54) is 0 Å². The molecule has 0 aromatic heterocycles. The molecule has 0 aromatic rings. The van der Waals surface area contributed by atoms with Crippen LogP contribution in [0.15, 0.2) is 0 Å². The summed E-state index contributed by atoms with van der Waals surface area (Å²) >= 11 is 0. The molecule has 0 unspecified atom stereocenters. The number of hydrogen-bond donors (Lipinski definition) is 1. The average molecular weight is 85.2 g/mol. The maximum Gasteiger partial charge on any atom is 0.00104 e. The zero-order valence-corrected chi connectivity index (χ0v) is 4.36. The van der Waals surface area contributed by atoms with Gasteiger partial charge in [0.2, 0.25) is 0 Å². The third-order valence-corrected chi connectivity index (χ3v) is 0.526. The smallest absolute Gasteiger partial charge is 0.00104 e. The maximum absolute atomic E-state index is 5.12. The molecule has 0 amide bonds. The number of nitrogens with one attached hydrogen (secondary N) is 1. The molecule has 0 saturated carbocycles. The van der Waals surface area contributed by atoms with Gasteiger partial charge in [-0.3, -0.25) is 0 Å². The molecule has 0 aliphatic rings. The molecule has 0 heterocycles. The predicted molar refractivity (Wildman–Crippen MR) is 27.4 cm³/mol. The SMILES string of the molecule is [CH]CNC(C)C. The van der Waals surface area contributed by atoms with Crippen molar-refractivity contribution in [3.63, 3.8) is 0 Å². The van der Waals surface area contributed by atoms with Crippen molar-refractivity contribution in [2.45, 2.75) is 19.9 Å². The number of hydrogen-bond acceptors (Lipinski definition) is 1. The van der Waals surface area contributed by atoms with Crippen molar-refractivity contribution in [3.8, 4) is 0 Å². The van der Waals surface area contributed by atoms with Gasteiger partial charge in [0.25, 0.3) is 0 Å². The minimum atomic E-state index is 0.523. The second-order valence-corrected chi connectivity index (χ2v) is 1.56. The van der Waals surface area contributed by atoms with Crippen molar-refractivity contribution in [3.05, 3.63) is 6.92 Å². The molecule has 0 atom stereocenters. The monoisotopic (exact) mass is 85.1 g/mol. The first-order valence-electron chi connectivity index (χ1n) is 2.21. The Morgan fingerprint density at radius 2 is 2.17 bits per heavy atom. The summed E-state index contributed by atoms with van der Waals surface area (Å²) in [5, 5.41) is 2.99. The van der Waals surface area contributed by atoms with Gasteiger partial charge in [0, 0.05) is 6.04 Å². The van der Waals surface area contributed by atoms with Crippen molar-refractivity contribution >= 4 is 0 Å². The van der Waals surface area contributed by atoms with Gasteiger partial charge in [-0.05, 0) is 13.5 Å². The molecule has 0 bridgehead atoms. The lowest BCUT2D eigenvalue weighted by Gasteiger charge is -2.00. The van der Waals surface area contributed by atoms with Crippen molar-refractivity contribution in [1.29, 1.82) is 0 Å². The third-order valence-electron chi connectivity index (χ3n) is 0.526. The highest BCUT2D eigenvalue weighted by Gasteiger charge is 1.82. The molecule has 0 saturated heterocycles. The standard InChI is InChI=1S/C5H11N/c1-4-6-5(2)3/h1,5-6H,4H2,2-3H3. The van der Waals surface area contributed by atoms with Crippen LogP contribution in [0.2, 0.25) is 0 Å². The molecule has 6 heavy (non-hydrogen) atoms. The van der Waals surface area contributed by atoms with Gasteiger partial charge in [-0.15, -0.1) is 0 Å². The molecule has 0 aliphatic heterocycles. The Hall–Kier alpha value is -0.0400. The molecular formula is C5H11N. The zero-order chi connectivity index (χ0) is 4.99. The van der Waals surface area contributed by atoms with Gasteiger partial charge >= 0.3 is 0 Å². The predicted octanol–water partition coefficient (Wildman–Crippen LogP) is 0.695. The molecule has 0 aliphatic carbocycles. The fourth-order valence-corrected chi connectivity index (χ4v) is 0.236. The summed E-state index contributed by atoms with van der Waals surface area (Å²) in [7, 11) is 0. The Labute approximate surface area is 39.7 Å². The van der Waals surface area contributed by atoms with Gasteiger partial charge in [0.05, 0.1) is 0 Å². The van der Waals surface area contributed by atoms with E-state index in [1.807, 2.05) is 0 Å². The lowest BCUT2D eigenvalue weighted by atomic mass is 10.4. The summed E-state index contributed by atoms with van der Waals surface area (Å²) < 4.78 is 0. The first kappa shape index (κ1) is 5.96. The van der Waals surface area contributed by atoms with E-state index in [2.05, 4.69) is 19.2 Å². The quantitative estimate of drug-likeness (QED) is 0.520. The lowest BCUT2D eigenvalue weighted by Crippen LogP contribution is -2.21. The van der Waals surface area contributed by atoms with E-state index in [4.69, 9.17) is 6.92 Å². The number of rotatable bonds is 2. The largest absolute Gasteiger partial charge is 0.314 e. The molecule has 0 aromatic carbocycles. The van der Waals surface area contributed by atoms with Gasteiger partial charge in [0.15, 0.2) is 0 Å². The summed E-state index contributed by atoms with van der Waals surface area (Å²) in [5.74, 6) is 0. The average Bonchev–Trinajstić information content (AvgIpc) is 1.35. The normalized spacial score (nSPS) is 10.0. The van der Waals surface area contributed by atoms with Crippen LogP contribution >= 0.6 is 0 Å². The fraction of sp³-hybridized carbons (Fsp3) is 0.800. The van der Waals surface area contributed by atoms with Crippen LogP contribution in [0, 0.1) is 6.92 Å². The van der Waals surface area contributed by atoms with Crippen LogP contribution in [0.1, 0.15) is 13.8 Å². The van der Waals surface area contributed by atoms with Gasteiger partial charge in [-0.25, -0.2) is 0 Å². The Balaban J connectivity index is 2.63. The fourth-order valence-electron chi connectivity index (χ4n) is 0.236. The molecule has 1 heteroatoms. The van der Waals surface area contributed by atoms with Crippen molar-refractivity contribution < 1.29 is 0 Å². The first-order chi connectivity index (χ1) is 2.77. The van der Waals surface area contributed by atoms with Crippen LogP contribution in [-0.2, 0) is 0 Å². The van der Waals surface area contributed by atoms with E-state index in [9.17, 15) is 0 Å². The molecule has 2 radical (unpaired) electrons. The minimum absolute atomic E-state index is 0.523. The van der Waals surface area contributed by atoms with Crippen LogP contribution < -0.4 is 5.32 Å². The Morgan fingerprint density at radius 1 is 1.67 bits per heavy atom. The topological polar surface area (TPSA) is 12.0 Å². The third kappa shape index (κ3) is 3.96. The maximum atomic E-state index is 5.12. The van der Waals surface area contributed by atoms with Crippen molar-refractivity contribution in [2.24, 2.45) is 0 Å².